The van der Waals surface area contributed by atoms with Crippen molar-refractivity contribution in [3.63, 3.8) is 0 Å². The monoisotopic (exact) mass is 197 g/mol. The molecule has 2 rings (SSSR count). The number of hydrogen-bond acceptors (Lipinski definition) is 2. The first-order chi connectivity index (χ1) is 6.79. The first-order valence-electron chi connectivity index (χ1n) is 5.77. The van der Waals surface area contributed by atoms with E-state index in [-0.39, 0.29) is 6.04 Å². The van der Waals surface area contributed by atoms with Crippen molar-refractivity contribution in [3.05, 3.63) is 0 Å². The lowest BCUT2D eigenvalue weighted by Gasteiger charge is -2.37. The fourth-order valence-corrected chi connectivity index (χ4v) is 2.89. The Kier molecular flexibility index (Phi) is 3.06. The number of aliphatic carboxylic acids is 1. The maximum absolute atomic E-state index is 11.1. The highest BCUT2D eigenvalue weighted by molar-refractivity contribution is 5.73. The molecule has 14 heavy (non-hydrogen) atoms. The van der Waals surface area contributed by atoms with Crippen LogP contribution in [-0.2, 0) is 4.79 Å². The van der Waals surface area contributed by atoms with Crippen LogP contribution >= 0.6 is 0 Å². The summed E-state index contributed by atoms with van der Waals surface area (Å²) in [5, 5.41) is 9.13. The zero-order valence-corrected chi connectivity index (χ0v) is 8.61. The van der Waals surface area contributed by atoms with Gasteiger partial charge in [0.15, 0.2) is 0 Å². The second-order valence-electron chi connectivity index (χ2n) is 4.53. The predicted molar refractivity (Wildman–Crippen MR) is 54.2 cm³/mol. The van der Waals surface area contributed by atoms with Crippen molar-refractivity contribution in [2.24, 2.45) is 0 Å². The van der Waals surface area contributed by atoms with E-state index in [0.29, 0.717) is 6.04 Å². The quantitative estimate of drug-likeness (QED) is 0.734. The van der Waals surface area contributed by atoms with Gasteiger partial charge in [0, 0.05) is 6.04 Å². The van der Waals surface area contributed by atoms with E-state index in [1.165, 1.54) is 32.1 Å². The summed E-state index contributed by atoms with van der Waals surface area (Å²) in [5.74, 6) is -0.614. The molecule has 1 aliphatic carbocycles. The van der Waals surface area contributed by atoms with Crippen molar-refractivity contribution in [2.45, 2.75) is 57.0 Å². The molecule has 2 aliphatic rings. The number of carboxylic acid groups (broad SMARTS) is 1. The minimum Gasteiger partial charge on any atom is -0.480 e. The van der Waals surface area contributed by atoms with Crippen molar-refractivity contribution in [1.82, 2.24) is 4.90 Å². The van der Waals surface area contributed by atoms with Gasteiger partial charge in [0.2, 0.25) is 0 Å². The van der Waals surface area contributed by atoms with Crippen LogP contribution in [0.5, 0.6) is 0 Å². The maximum atomic E-state index is 11.1. The normalized spacial score (nSPS) is 30.7. The highest BCUT2D eigenvalue weighted by atomic mass is 16.4. The standard InChI is InChI=1S/C11H19NO2/c13-11(14)10-7-3-4-8-12(10)9-5-1-2-6-9/h9-10H,1-8H2,(H,13,14)/t10-/m1/s1. The lowest BCUT2D eigenvalue weighted by molar-refractivity contribution is -0.145. The van der Waals surface area contributed by atoms with Crippen LogP contribution in [0.3, 0.4) is 0 Å². The van der Waals surface area contributed by atoms with E-state index in [1.54, 1.807) is 0 Å². The first kappa shape index (κ1) is 9.97. The van der Waals surface area contributed by atoms with Gasteiger partial charge in [-0.2, -0.15) is 0 Å². The van der Waals surface area contributed by atoms with E-state index in [0.717, 1.165) is 19.4 Å². The second kappa shape index (κ2) is 4.30. The Morgan fingerprint density at radius 3 is 2.36 bits per heavy atom. The summed E-state index contributed by atoms with van der Waals surface area (Å²) in [5.41, 5.74) is 0. The summed E-state index contributed by atoms with van der Waals surface area (Å²) < 4.78 is 0. The Morgan fingerprint density at radius 1 is 1.07 bits per heavy atom. The third kappa shape index (κ3) is 1.92. The summed E-state index contributed by atoms with van der Waals surface area (Å²) in [6, 6.07) is 0.378. The number of carboxylic acids is 1. The van der Waals surface area contributed by atoms with Crippen LogP contribution in [0.15, 0.2) is 0 Å². The molecule has 0 bridgehead atoms. The largest absolute Gasteiger partial charge is 0.480 e. The van der Waals surface area contributed by atoms with Gasteiger partial charge < -0.3 is 5.11 Å². The predicted octanol–water partition coefficient (Wildman–Crippen LogP) is 1.87. The number of piperidine rings is 1. The molecule has 0 radical (unpaired) electrons. The van der Waals surface area contributed by atoms with E-state index in [2.05, 4.69) is 4.90 Å². The highest BCUT2D eigenvalue weighted by Gasteiger charge is 2.34. The van der Waals surface area contributed by atoms with Crippen molar-refractivity contribution < 1.29 is 9.90 Å². The summed E-state index contributed by atoms with van der Waals surface area (Å²) in [7, 11) is 0. The minimum absolute atomic E-state index is 0.188. The van der Waals surface area contributed by atoms with Gasteiger partial charge in [-0.25, -0.2) is 0 Å². The lowest BCUT2D eigenvalue weighted by atomic mass is 9.99. The molecule has 1 atom stereocenters. The van der Waals surface area contributed by atoms with E-state index in [4.69, 9.17) is 5.11 Å². The third-order valence-corrected chi connectivity index (χ3v) is 3.62. The molecule has 3 nitrogen and oxygen atoms in total. The molecule has 0 aromatic carbocycles. The number of carbonyl (C=O) groups is 1. The van der Waals surface area contributed by atoms with Gasteiger partial charge in [-0.15, -0.1) is 0 Å². The number of nitrogens with zero attached hydrogens (tertiary/aromatic N) is 1. The van der Waals surface area contributed by atoms with E-state index >= 15 is 0 Å². The fourth-order valence-electron chi connectivity index (χ4n) is 2.89. The Balaban J connectivity index is 2.01. The van der Waals surface area contributed by atoms with Crippen molar-refractivity contribution >= 4 is 5.97 Å². The number of rotatable bonds is 2. The van der Waals surface area contributed by atoms with E-state index in [9.17, 15) is 4.79 Å². The summed E-state index contributed by atoms with van der Waals surface area (Å²) in [6.45, 7) is 1.00. The van der Waals surface area contributed by atoms with Crippen molar-refractivity contribution in [2.75, 3.05) is 6.54 Å². The zero-order valence-electron chi connectivity index (χ0n) is 8.61. The minimum atomic E-state index is -0.614. The molecule has 2 fully saturated rings. The maximum Gasteiger partial charge on any atom is 0.320 e. The lowest BCUT2D eigenvalue weighted by Crippen LogP contribution is -2.49. The van der Waals surface area contributed by atoms with Gasteiger partial charge in [0.25, 0.3) is 0 Å². The molecule has 0 spiro atoms. The second-order valence-corrected chi connectivity index (χ2v) is 4.53. The highest BCUT2D eigenvalue weighted by Crippen LogP contribution is 2.29. The third-order valence-electron chi connectivity index (χ3n) is 3.62. The van der Waals surface area contributed by atoms with Gasteiger partial charge in [-0.1, -0.05) is 19.3 Å². The molecule has 1 saturated carbocycles. The van der Waals surface area contributed by atoms with E-state index < -0.39 is 5.97 Å². The van der Waals surface area contributed by atoms with Gasteiger partial charge in [-0.05, 0) is 32.2 Å². The zero-order chi connectivity index (χ0) is 9.97. The SMILES string of the molecule is O=C(O)[C@H]1CCCCN1C1CCCC1. The molecule has 1 heterocycles. The van der Waals surface area contributed by atoms with Gasteiger partial charge >= 0.3 is 5.97 Å². The van der Waals surface area contributed by atoms with Crippen LogP contribution in [-0.4, -0.2) is 34.6 Å². The Morgan fingerprint density at radius 2 is 1.71 bits per heavy atom. The molecular formula is C11H19NO2. The van der Waals surface area contributed by atoms with Crippen LogP contribution < -0.4 is 0 Å². The molecule has 1 N–H and O–H groups in total. The topological polar surface area (TPSA) is 40.5 Å². The fraction of sp³-hybridized carbons (Fsp3) is 0.909. The molecule has 80 valence electrons. The average molecular weight is 197 g/mol. The first-order valence-corrected chi connectivity index (χ1v) is 5.77. The molecule has 1 aliphatic heterocycles. The number of hydrogen-bond donors (Lipinski definition) is 1. The molecule has 0 unspecified atom stereocenters. The van der Waals surface area contributed by atoms with Gasteiger partial charge in [0.1, 0.15) is 6.04 Å². The van der Waals surface area contributed by atoms with E-state index in [1.807, 2.05) is 0 Å². The Labute approximate surface area is 85.1 Å². The average Bonchev–Trinajstić information content (AvgIpc) is 2.70. The molecular weight excluding hydrogens is 178 g/mol. The number of likely N-dealkylation sites (tertiary alicyclic amines) is 1. The molecule has 0 aromatic heterocycles. The molecule has 0 amide bonds. The van der Waals surface area contributed by atoms with Crippen LogP contribution in [0.4, 0.5) is 0 Å². The van der Waals surface area contributed by atoms with Crippen molar-refractivity contribution in [3.8, 4) is 0 Å². The summed E-state index contributed by atoms with van der Waals surface area (Å²) in [6.07, 6.45) is 8.11. The molecule has 3 heteroatoms. The Hall–Kier alpha value is -0.570. The Bertz CT molecular complexity index is 211. The van der Waals surface area contributed by atoms with Gasteiger partial charge in [0.05, 0.1) is 0 Å². The van der Waals surface area contributed by atoms with Crippen LogP contribution in [0.1, 0.15) is 44.9 Å². The van der Waals surface area contributed by atoms with Crippen LogP contribution in [0.2, 0.25) is 0 Å². The van der Waals surface area contributed by atoms with Crippen molar-refractivity contribution in [1.29, 1.82) is 0 Å². The summed E-state index contributed by atoms with van der Waals surface area (Å²) >= 11 is 0. The van der Waals surface area contributed by atoms with Crippen LogP contribution in [0, 0.1) is 0 Å². The van der Waals surface area contributed by atoms with Crippen LogP contribution in [0.25, 0.3) is 0 Å². The summed E-state index contributed by atoms with van der Waals surface area (Å²) in [4.78, 5) is 13.3. The molecule has 1 saturated heterocycles. The smallest absolute Gasteiger partial charge is 0.320 e. The van der Waals surface area contributed by atoms with Gasteiger partial charge in [-0.3, -0.25) is 9.69 Å². The molecule has 0 aromatic rings.